The molecule has 3 aliphatic heterocycles. The lowest BCUT2D eigenvalue weighted by molar-refractivity contribution is -0.127. The zero-order valence-electron chi connectivity index (χ0n) is 15.3. The Morgan fingerprint density at radius 2 is 2.37 bits per heavy atom. The zero-order valence-corrected chi connectivity index (χ0v) is 16.1. The minimum atomic E-state index is 0.0638. The quantitative estimate of drug-likeness (QED) is 0.858. The maximum Gasteiger partial charge on any atom is 0.230 e. The van der Waals surface area contributed by atoms with Crippen molar-refractivity contribution in [3.8, 4) is 0 Å². The first-order valence-electron chi connectivity index (χ1n) is 9.80. The molecule has 6 rings (SSSR count). The second kappa shape index (κ2) is 7.16. The van der Waals surface area contributed by atoms with Gasteiger partial charge in [-0.1, -0.05) is 11.3 Å². The second-order valence-corrected chi connectivity index (χ2v) is 8.71. The highest BCUT2D eigenvalue weighted by Crippen LogP contribution is 2.37. The van der Waals surface area contributed by atoms with Crippen LogP contribution < -0.4 is 5.32 Å². The molecule has 27 heavy (non-hydrogen) atoms. The number of anilines is 1. The first kappa shape index (κ1) is 17.1. The van der Waals surface area contributed by atoms with E-state index in [9.17, 15) is 4.79 Å². The van der Waals surface area contributed by atoms with Crippen LogP contribution in [0, 0.1) is 11.8 Å². The maximum atomic E-state index is 12.7. The summed E-state index contributed by atoms with van der Waals surface area (Å²) in [7, 11) is 0. The van der Waals surface area contributed by atoms with Gasteiger partial charge in [0.2, 0.25) is 5.91 Å². The number of nitrogens with zero attached hydrogens (tertiary/aromatic N) is 5. The van der Waals surface area contributed by atoms with E-state index < -0.39 is 0 Å². The number of fused-ring (bicyclic) bond motifs is 3. The molecule has 142 valence electrons. The van der Waals surface area contributed by atoms with Crippen LogP contribution in [-0.2, 0) is 11.3 Å². The number of allylic oxidation sites excluding steroid dienone is 2. The summed E-state index contributed by atoms with van der Waals surface area (Å²) in [5.41, 5.74) is 2.37. The summed E-state index contributed by atoms with van der Waals surface area (Å²) in [5, 5.41) is 14.3. The zero-order chi connectivity index (χ0) is 18.2. The van der Waals surface area contributed by atoms with Crippen LogP contribution in [0.1, 0.15) is 37.8 Å². The van der Waals surface area contributed by atoms with E-state index in [1.165, 1.54) is 23.3 Å². The summed E-state index contributed by atoms with van der Waals surface area (Å²) >= 11 is 1.47. The first-order chi connectivity index (χ1) is 13.3. The van der Waals surface area contributed by atoms with Crippen LogP contribution in [0.25, 0.3) is 5.57 Å². The number of nitrogens with one attached hydrogen (secondary N) is 1. The Balaban J connectivity index is 1.22. The molecule has 2 aromatic rings. The summed E-state index contributed by atoms with van der Waals surface area (Å²) in [4.78, 5) is 19.3. The van der Waals surface area contributed by atoms with Crippen LogP contribution in [0.4, 0.5) is 5.13 Å². The molecule has 4 atom stereocenters. The average molecular weight is 385 g/mol. The average Bonchev–Trinajstić information content (AvgIpc) is 3.45. The van der Waals surface area contributed by atoms with E-state index in [2.05, 4.69) is 37.8 Å². The second-order valence-electron chi connectivity index (χ2n) is 7.81. The highest BCUT2D eigenvalue weighted by atomic mass is 32.1. The van der Waals surface area contributed by atoms with Gasteiger partial charge in [0.05, 0.1) is 18.7 Å². The number of amides is 1. The predicted octanol–water partition coefficient (Wildman–Crippen LogP) is 2.65. The van der Waals surface area contributed by atoms with Crippen molar-refractivity contribution in [2.45, 2.75) is 44.7 Å². The lowest BCUT2D eigenvalue weighted by Crippen LogP contribution is -2.57. The number of hydrogen-bond acceptors (Lipinski definition) is 6. The van der Waals surface area contributed by atoms with Crippen molar-refractivity contribution in [1.29, 1.82) is 0 Å². The molecule has 1 amide bonds. The maximum absolute atomic E-state index is 12.7. The first-order valence-corrected chi connectivity index (χ1v) is 10.7. The van der Waals surface area contributed by atoms with Crippen LogP contribution in [0.15, 0.2) is 23.8 Å². The molecule has 3 saturated heterocycles. The molecule has 0 spiro atoms. The third kappa shape index (κ3) is 3.43. The molecule has 0 radical (unpaired) electrons. The van der Waals surface area contributed by atoms with Gasteiger partial charge in [-0.3, -0.25) is 14.4 Å². The minimum absolute atomic E-state index is 0.0638. The molecule has 4 aliphatic rings. The normalized spacial score (nSPS) is 29.7. The van der Waals surface area contributed by atoms with Gasteiger partial charge in [-0.15, -0.1) is 16.4 Å². The number of hydrogen-bond donors (Lipinski definition) is 1. The smallest absolute Gasteiger partial charge is 0.230 e. The highest BCUT2D eigenvalue weighted by molar-refractivity contribution is 7.13. The molecule has 1 aliphatic carbocycles. The number of rotatable bonds is 5. The number of piperidine rings is 3. The Bertz CT molecular complexity index is 844. The molecule has 1 N–H and O–H groups in total. The Morgan fingerprint density at radius 1 is 1.41 bits per heavy atom. The number of carbonyl (C=O) groups excluding carboxylic acids is 1. The summed E-state index contributed by atoms with van der Waals surface area (Å²) in [5.74, 6) is 0.628. The van der Waals surface area contributed by atoms with Crippen LogP contribution in [0.5, 0.6) is 0 Å². The standard InChI is InChI=1S/C19H24N6OS/c26-18(21-19-20-6-8-27-19)16-11-24-7-5-14(16)9-15(24)10-25-12-17(22-23-25)13-3-1-2-4-13/h3,6,8,12,14-16H,1-2,4-5,7,9-11H2,(H,20,21,26)/t14-,15+,16+/m0/s1. The van der Waals surface area contributed by atoms with Crippen LogP contribution >= 0.6 is 11.3 Å². The Morgan fingerprint density at radius 3 is 3.11 bits per heavy atom. The van der Waals surface area contributed by atoms with Crippen molar-refractivity contribution >= 4 is 27.9 Å². The summed E-state index contributed by atoms with van der Waals surface area (Å²) in [6.07, 6.45) is 11.7. The van der Waals surface area contributed by atoms with Gasteiger partial charge in [0.15, 0.2) is 5.13 Å². The van der Waals surface area contributed by atoms with Crippen LogP contribution in [-0.4, -0.2) is 49.9 Å². The number of carbonyl (C=O) groups is 1. The fourth-order valence-electron chi connectivity index (χ4n) is 4.76. The molecule has 2 bridgehead atoms. The van der Waals surface area contributed by atoms with Crippen LogP contribution in [0.3, 0.4) is 0 Å². The predicted molar refractivity (Wildman–Crippen MR) is 104 cm³/mol. The molecule has 0 saturated carbocycles. The molecule has 2 aromatic heterocycles. The van der Waals surface area contributed by atoms with Gasteiger partial charge < -0.3 is 5.32 Å². The summed E-state index contributed by atoms with van der Waals surface area (Å²) < 4.78 is 1.99. The SMILES string of the molecule is O=C(Nc1nccs1)[C@@H]1CN2CC[C@H]1C[C@@H]2Cn1cc(C2=CCCC2)nn1. The van der Waals surface area contributed by atoms with Gasteiger partial charge >= 0.3 is 0 Å². The topological polar surface area (TPSA) is 75.9 Å². The molecule has 1 unspecified atom stereocenters. The van der Waals surface area contributed by atoms with Gasteiger partial charge in [-0.25, -0.2) is 4.98 Å². The minimum Gasteiger partial charge on any atom is -0.302 e. The van der Waals surface area contributed by atoms with Crippen LogP contribution in [0.2, 0.25) is 0 Å². The van der Waals surface area contributed by atoms with E-state index in [-0.39, 0.29) is 11.8 Å². The largest absolute Gasteiger partial charge is 0.302 e. The molecule has 0 aromatic carbocycles. The van der Waals surface area contributed by atoms with Crippen molar-refractivity contribution in [2.75, 3.05) is 18.4 Å². The summed E-state index contributed by atoms with van der Waals surface area (Å²) in [6.45, 7) is 2.76. The van der Waals surface area contributed by atoms with E-state index in [1.54, 1.807) is 6.20 Å². The van der Waals surface area contributed by atoms with E-state index in [4.69, 9.17) is 0 Å². The van der Waals surface area contributed by atoms with Gasteiger partial charge in [-0.2, -0.15) is 0 Å². The lowest BCUT2D eigenvalue weighted by Gasteiger charge is -2.49. The monoisotopic (exact) mass is 384 g/mol. The van der Waals surface area contributed by atoms with Gasteiger partial charge in [0, 0.05) is 24.2 Å². The fourth-order valence-corrected chi connectivity index (χ4v) is 5.29. The third-order valence-corrected chi connectivity index (χ3v) is 6.87. The molecule has 5 heterocycles. The van der Waals surface area contributed by atoms with E-state index in [1.807, 2.05) is 10.1 Å². The van der Waals surface area contributed by atoms with E-state index in [0.717, 1.165) is 51.0 Å². The van der Waals surface area contributed by atoms with Gasteiger partial charge in [0.1, 0.15) is 5.69 Å². The van der Waals surface area contributed by atoms with E-state index in [0.29, 0.717) is 17.1 Å². The molecule has 7 nitrogen and oxygen atoms in total. The summed E-state index contributed by atoms with van der Waals surface area (Å²) in [6, 6.07) is 0.444. The Labute approximate surface area is 162 Å². The Hall–Kier alpha value is -2.06. The third-order valence-electron chi connectivity index (χ3n) is 6.18. The van der Waals surface area contributed by atoms with Crippen molar-refractivity contribution in [1.82, 2.24) is 24.9 Å². The fraction of sp³-hybridized carbons (Fsp3) is 0.579. The highest BCUT2D eigenvalue weighted by Gasteiger charge is 2.43. The van der Waals surface area contributed by atoms with Crippen molar-refractivity contribution in [3.63, 3.8) is 0 Å². The molecular formula is C19H24N6OS. The van der Waals surface area contributed by atoms with Gasteiger partial charge in [-0.05, 0) is 50.1 Å². The van der Waals surface area contributed by atoms with Gasteiger partial charge in [0.25, 0.3) is 0 Å². The number of thiazole rings is 1. The molecule has 3 fully saturated rings. The lowest BCUT2D eigenvalue weighted by atomic mass is 9.75. The van der Waals surface area contributed by atoms with Crippen molar-refractivity contribution in [3.05, 3.63) is 29.5 Å². The molecular weight excluding hydrogens is 360 g/mol. The van der Waals surface area contributed by atoms with Crippen molar-refractivity contribution in [2.24, 2.45) is 11.8 Å². The van der Waals surface area contributed by atoms with E-state index >= 15 is 0 Å². The molecule has 8 heteroatoms. The number of aromatic nitrogens is 4. The Kier molecular flexibility index (Phi) is 4.53. The van der Waals surface area contributed by atoms with Crippen molar-refractivity contribution < 1.29 is 4.79 Å².